The van der Waals surface area contributed by atoms with Crippen LogP contribution in [0.5, 0.6) is 5.75 Å². The summed E-state index contributed by atoms with van der Waals surface area (Å²) in [5.41, 5.74) is 2.36. The number of fused-ring (bicyclic) bond motifs is 1. The van der Waals surface area contributed by atoms with Gasteiger partial charge in [-0.1, -0.05) is 12.1 Å². The van der Waals surface area contributed by atoms with Gasteiger partial charge < -0.3 is 10.1 Å². The second-order valence-electron chi connectivity index (χ2n) is 6.82. The number of methoxy groups -OCH3 is 1. The Bertz CT molecular complexity index is 931. The van der Waals surface area contributed by atoms with Gasteiger partial charge in [-0.15, -0.1) is 0 Å². The first-order valence-electron chi connectivity index (χ1n) is 9.17. The van der Waals surface area contributed by atoms with Crippen molar-refractivity contribution in [1.29, 1.82) is 0 Å². The van der Waals surface area contributed by atoms with E-state index in [1.807, 2.05) is 12.1 Å². The SMILES string of the molecule is COc1cccc(CN2CCC(NC(=O)c3cnn4cccnc34)CC2)c1. The second kappa shape index (κ2) is 7.75. The van der Waals surface area contributed by atoms with E-state index in [0.29, 0.717) is 11.2 Å². The van der Waals surface area contributed by atoms with Gasteiger partial charge in [-0.05, 0) is 36.6 Å². The zero-order chi connectivity index (χ0) is 18.6. The van der Waals surface area contributed by atoms with Crippen molar-refractivity contribution in [3.8, 4) is 5.75 Å². The lowest BCUT2D eigenvalue weighted by atomic mass is 10.0. The summed E-state index contributed by atoms with van der Waals surface area (Å²) in [5, 5.41) is 7.32. The topological polar surface area (TPSA) is 71.8 Å². The van der Waals surface area contributed by atoms with Gasteiger partial charge in [0.05, 0.1) is 13.3 Å². The van der Waals surface area contributed by atoms with Crippen molar-refractivity contribution in [3.63, 3.8) is 0 Å². The highest BCUT2D eigenvalue weighted by atomic mass is 16.5. The molecule has 0 saturated carbocycles. The maximum atomic E-state index is 12.6. The Labute approximate surface area is 158 Å². The molecular weight excluding hydrogens is 342 g/mol. The van der Waals surface area contributed by atoms with E-state index in [1.54, 1.807) is 36.3 Å². The van der Waals surface area contributed by atoms with Crippen LogP contribution in [0, 0.1) is 0 Å². The summed E-state index contributed by atoms with van der Waals surface area (Å²) in [6.45, 7) is 2.81. The lowest BCUT2D eigenvalue weighted by molar-refractivity contribution is 0.0910. The van der Waals surface area contributed by atoms with Crippen LogP contribution < -0.4 is 10.1 Å². The fraction of sp³-hybridized carbons (Fsp3) is 0.350. The molecule has 1 saturated heterocycles. The van der Waals surface area contributed by atoms with E-state index in [-0.39, 0.29) is 11.9 Å². The van der Waals surface area contributed by atoms with E-state index in [1.165, 1.54) is 5.56 Å². The van der Waals surface area contributed by atoms with E-state index in [4.69, 9.17) is 4.74 Å². The fourth-order valence-electron chi connectivity index (χ4n) is 3.51. The quantitative estimate of drug-likeness (QED) is 0.750. The molecule has 4 rings (SSSR count). The van der Waals surface area contributed by atoms with Gasteiger partial charge in [0.2, 0.25) is 0 Å². The number of carbonyl (C=O) groups excluding carboxylic acids is 1. The highest BCUT2D eigenvalue weighted by Crippen LogP contribution is 2.18. The summed E-state index contributed by atoms with van der Waals surface area (Å²) in [6, 6.07) is 10.1. The number of nitrogens with one attached hydrogen (secondary N) is 1. The zero-order valence-electron chi connectivity index (χ0n) is 15.3. The van der Waals surface area contributed by atoms with Crippen LogP contribution in [0.15, 0.2) is 48.9 Å². The zero-order valence-corrected chi connectivity index (χ0v) is 15.3. The number of aromatic nitrogens is 3. The third-order valence-electron chi connectivity index (χ3n) is 4.99. The molecule has 3 aromatic rings. The molecule has 7 heteroatoms. The molecule has 0 spiro atoms. The molecule has 3 heterocycles. The van der Waals surface area contributed by atoms with Crippen LogP contribution in [0.25, 0.3) is 5.65 Å². The number of hydrogen-bond donors (Lipinski definition) is 1. The van der Waals surface area contributed by atoms with Crippen molar-refractivity contribution in [2.45, 2.75) is 25.4 Å². The minimum atomic E-state index is -0.102. The number of carbonyl (C=O) groups is 1. The molecule has 1 N–H and O–H groups in total. The van der Waals surface area contributed by atoms with Crippen molar-refractivity contribution in [2.75, 3.05) is 20.2 Å². The third-order valence-corrected chi connectivity index (χ3v) is 4.99. The van der Waals surface area contributed by atoms with Gasteiger partial charge in [-0.3, -0.25) is 9.69 Å². The number of benzene rings is 1. The normalized spacial score (nSPS) is 15.7. The molecule has 0 atom stereocenters. The van der Waals surface area contributed by atoms with E-state index in [2.05, 4.69) is 32.4 Å². The summed E-state index contributed by atoms with van der Waals surface area (Å²) >= 11 is 0. The van der Waals surface area contributed by atoms with Crippen LogP contribution >= 0.6 is 0 Å². The number of ether oxygens (including phenoxy) is 1. The minimum absolute atomic E-state index is 0.102. The number of rotatable bonds is 5. The lowest BCUT2D eigenvalue weighted by Crippen LogP contribution is -2.44. The predicted molar refractivity (Wildman–Crippen MR) is 102 cm³/mol. The molecule has 7 nitrogen and oxygen atoms in total. The Morgan fingerprint density at radius 2 is 2.15 bits per heavy atom. The Balaban J connectivity index is 1.32. The average molecular weight is 365 g/mol. The smallest absolute Gasteiger partial charge is 0.256 e. The van der Waals surface area contributed by atoms with Crippen LogP contribution in [0.2, 0.25) is 0 Å². The van der Waals surface area contributed by atoms with Gasteiger partial charge in [-0.25, -0.2) is 9.50 Å². The van der Waals surface area contributed by atoms with Crippen molar-refractivity contribution in [3.05, 3.63) is 60.0 Å². The van der Waals surface area contributed by atoms with Gasteiger partial charge in [0.25, 0.3) is 5.91 Å². The molecule has 0 aliphatic carbocycles. The molecule has 27 heavy (non-hydrogen) atoms. The molecule has 2 aromatic heterocycles. The van der Waals surface area contributed by atoms with Crippen molar-refractivity contribution in [1.82, 2.24) is 24.8 Å². The van der Waals surface area contributed by atoms with E-state index < -0.39 is 0 Å². The number of hydrogen-bond acceptors (Lipinski definition) is 5. The minimum Gasteiger partial charge on any atom is -0.497 e. The van der Waals surface area contributed by atoms with E-state index >= 15 is 0 Å². The van der Waals surface area contributed by atoms with Crippen LogP contribution in [0.3, 0.4) is 0 Å². The number of amides is 1. The van der Waals surface area contributed by atoms with Crippen molar-refractivity contribution >= 4 is 11.6 Å². The summed E-state index contributed by atoms with van der Waals surface area (Å²) in [5.74, 6) is 0.784. The molecular formula is C20H23N5O2. The van der Waals surface area contributed by atoms with Crippen molar-refractivity contribution in [2.24, 2.45) is 0 Å². The van der Waals surface area contributed by atoms with Crippen LogP contribution in [-0.4, -0.2) is 51.6 Å². The van der Waals surface area contributed by atoms with Crippen LogP contribution in [-0.2, 0) is 6.54 Å². The highest BCUT2D eigenvalue weighted by Gasteiger charge is 2.23. The number of piperidine rings is 1. The Kier molecular flexibility index (Phi) is 5.02. The van der Waals surface area contributed by atoms with E-state index in [9.17, 15) is 4.79 Å². The van der Waals surface area contributed by atoms with Crippen LogP contribution in [0.1, 0.15) is 28.8 Å². The first-order chi connectivity index (χ1) is 13.2. The first kappa shape index (κ1) is 17.5. The number of likely N-dealkylation sites (tertiary alicyclic amines) is 1. The van der Waals surface area contributed by atoms with Gasteiger partial charge >= 0.3 is 0 Å². The first-order valence-corrected chi connectivity index (χ1v) is 9.17. The molecule has 1 aliphatic rings. The number of nitrogens with zero attached hydrogens (tertiary/aromatic N) is 4. The molecule has 0 unspecified atom stereocenters. The van der Waals surface area contributed by atoms with Crippen LogP contribution in [0.4, 0.5) is 0 Å². The molecule has 1 aliphatic heterocycles. The largest absolute Gasteiger partial charge is 0.497 e. The Morgan fingerprint density at radius 1 is 1.30 bits per heavy atom. The maximum absolute atomic E-state index is 12.6. The summed E-state index contributed by atoms with van der Waals surface area (Å²) in [7, 11) is 1.69. The highest BCUT2D eigenvalue weighted by molar-refractivity contribution is 5.99. The summed E-state index contributed by atoms with van der Waals surface area (Å²) in [6.07, 6.45) is 6.90. The van der Waals surface area contributed by atoms with Gasteiger partial charge in [0.15, 0.2) is 5.65 Å². The maximum Gasteiger partial charge on any atom is 0.256 e. The molecule has 1 amide bonds. The van der Waals surface area contributed by atoms with E-state index in [0.717, 1.165) is 38.2 Å². The Hall–Kier alpha value is -2.93. The monoisotopic (exact) mass is 365 g/mol. The molecule has 0 bridgehead atoms. The molecule has 1 aromatic carbocycles. The lowest BCUT2D eigenvalue weighted by Gasteiger charge is -2.32. The standard InChI is InChI=1S/C20H23N5O2/c1-27-17-5-2-4-15(12-17)14-24-10-6-16(7-11-24)23-20(26)18-13-22-25-9-3-8-21-19(18)25/h2-5,8-9,12-13,16H,6-7,10-11,14H2,1H3,(H,23,26). The average Bonchev–Trinajstić information content (AvgIpc) is 3.14. The Morgan fingerprint density at radius 3 is 2.96 bits per heavy atom. The predicted octanol–water partition coefficient (Wildman–Crippen LogP) is 2.13. The summed E-state index contributed by atoms with van der Waals surface area (Å²) < 4.78 is 6.91. The molecule has 1 fully saturated rings. The summed E-state index contributed by atoms with van der Waals surface area (Å²) in [4.78, 5) is 19.3. The van der Waals surface area contributed by atoms with Gasteiger partial charge in [0.1, 0.15) is 11.3 Å². The molecule has 0 radical (unpaired) electrons. The fourth-order valence-corrected chi connectivity index (χ4v) is 3.51. The third kappa shape index (κ3) is 3.93. The van der Waals surface area contributed by atoms with Crippen molar-refractivity contribution < 1.29 is 9.53 Å². The second-order valence-corrected chi connectivity index (χ2v) is 6.82. The van der Waals surface area contributed by atoms with Gasteiger partial charge in [0, 0.05) is 38.1 Å². The molecule has 140 valence electrons. The van der Waals surface area contributed by atoms with Gasteiger partial charge in [-0.2, -0.15) is 5.10 Å².